The maximum absolute atomic E-state index is 2.37. The van der Waals surface area contributed by atoms with Crippen molar-refractivity contribution < 1.29 is 0 Å². The molecule has 0 rings (SSSR count). The molecular formula is C9H21N. The van der Waals surface area contributed by atoms with Crippen molar-refractivity contribution in [3.8, 4) is 0 Å². The largest absolute Gasteiger partial charge is 0.307 e. The van der Waals surface area contributed by atoms with Gasteiger partial charge in [0.15, 0.2) is 0 Å². The van der Waals surface area contributed by atoms with Crippen molar-refractivity contribution >= 4 is 0 Å². The molecule has 0 N–H and O–H groups in total. The fourth-order valence-electron chi connectivity index (χ4n) is 0.803. The number of nitrogens with zero attached hydrogens (tertiary/aromatic N) is 1. The molecule has 0 saturated heterocycles. The first kappa shape index (κ1) is 9.96. The van der Waals surface area contributed by atoms with Crippen molar-refractivity contribution in [1.29, 1.82) is 0 Å². The van der Waals surface area contributed by atoms with Gasteiger partial charge in [0.25, 0.3) is 0 Å². The zero-order valence-electron chi connectivity index (χ0n) is 7.85. The van der Waals surface area contributed by atoms with Gasteiger partial charge in [-0.15, -0.1) is 0 Å². The van der Waals surface area contributed by atoms with E-state index in [0.29, 0.717) is 0 Å². The third-order valence-electron chi connectivity index (χ3n) is 2.24. The Labute approximate surface area is 65.4 Å². The van der Waals surface area contributed by atoms with Crippen molar-refractivity contribution in [2.45, 2.75) is 33.6 Å². The molecule has 1 nitrogen and oxygen atoms in total. The lowest BCUT2D eigenvalue weighted by Gasteiger charge is -2.15. The third kappa shape index (κ3) is 4.80. The van der Waals surface area contributed by atoms with E-state index in [1.807, 2.05) is 0 Å². The van der Waals surface area contributed by atoms with E-state index in [0.717, 1.165) is 5.92 Å². The average molecular weight is 143 g/mol. The monoisotopic (exact) mass is 143 g/mol. The Kier molecular flexibility index (Phi) is 5.70. The fourth-order valence-corrected chi connectivity index (χ4v) is 0.803. The van der Waals surface area contributed by atoms with Gasteiger partial charge in [0.05, 0.1) is 0 Å². The van der Waals surface area contributed by atoms with E-state index in [2.05, 4.69) is 32.7 Å². The summed E-state index contributed by atoms with van der Waals surface area (Å²) in [5, 5.41) is 0. The lowest BCUT2D eigenvalue weighted by molar-refractivity contribution is 0.317. The van der Waals surface area contributed by atoms with Gasteiger partial charge in [-0.1, -0.05) is 27.2 Å². The van der Waals surface area contributed by atoms with Crippen molar-refractivity contribution in [3.05, 3.63) is 0 Å². The lowest BCUT2D eigenvalue weighted by atomic mass is 10.1. The molecule has 0 aliphatic heterocycles. The Bertz CT molecular complexity index is 61.1. The molecule has 0 radical (unpaired) electrons. The third-order valence-corrected chi connectivity index (χ3v) is 2.24. The minimum Gasteiger partial charge on any atom is -0.307 e. The van der Waals surface area contributed by atoms with E-state index in [9.17, 15) is 0 Å². The van der Waals surface area contributed by atoms with Crippen LogP contribution in [0.25, 0.3) is 0 Å². The first-order valence-electron chi connectivity index (χ1n) is 4.39. The lowest BCUT2D eigenvalue weighted by Crippen LogP contribution is -2.20. The summed E-state index contributed by atoms with van der Waals surface area (Å²) in [6, 6.07) is 0. The normalized spacial score (nSPS) is 14.1. The van der Waals surface area contributed by atoms with Crippen LogP contribution in [0, 0.1) is 5.92 Å². The second-order valence-corrected chi connectivity index (χ2v) is 3.20. The van der Waals surface area contributed by atoms with Crippen LogP contribution in [0.5, 0.6) is 0 Å². The fraction of sp³-hybridized carbons (Fsp3) is 1.00. The van der Waals surface area contributed by atoms with Crippen LogP contribution in [0.15, 0.2) is 0 Å². The maximum atomic E-state index is 2.37. The summed E-state index contributed by atoms with van der Waals surface area (Å²) < 4.78 is 0. The molecule has 0 saturated carbocycles. The summed E-state index contributed by atoms with van der Waals surface area (Å²) in [5.74, 6) is 0.897. The van der Waals surface area contributed by atoms with Crippen LogP contribution in [0.3, 0.4) is 0 Å². The minimum absolute atomic E-state index is 0.897. The second kappa shape index (κ2) is 5.72. The highest BCUT2D eigenvalue weighted by Gasteiger charge is 1.99. The smallest absolute Gasteiger partial charge is 0.00194 e. The van der Waals surface area contributed by atoms with E-state index >= 15 is 0 Å². The zero-order chi connectivity index (χ0) is 7.98. The molecule has 0 spiro atoms. The first-order valence-corrected chi connectivity index (χ1v) is 4.39. The van der Waals surface area contributed by atoms with Crippen LogP contribution in [0.1, 0.15) is 33.6 Å². The van der Waals surface area contributed by atoms with Gasteiger partial charge < -0.3 is 4.90 Å². The molecule has 0 bridgehead atoms. The quantitative estimate of drug-likeness (QED) is 0.571. The molecule has 0 amide bonds. The first-order chi connectivity index (χ1) is 4.70. The van der Waals surface area contributed by atoms with Gasteiger partial charge in [-0.05, 0) is 32.5 Å². The van der Waals surface area contributed by atoms with Crippen LogP contribution >= 0.6 is 0 Å². The van der Waals surface area contributed by atoms with Gasteiger partial charge in [0.1, 0.15) is 0 Å². The predicted octanol–water partition coefficient (Wildman–Crippen LogP) is 2.37. The Balaban J connectivity index is 3.17. The summed E-state index contributed by atoms with van der Waals surface area (Å²) in [4.78, 5) is 2.37. The highest BCUT2D eigenvalue weighted by atomic mass is 15.1. The van der Waals surface area contributed by atoms with Gasteiger partial charge in [0.2, 0.25) is 0 Å². The molecule has 0 aliphatic carbocycles. The Morgan fingerprint density at radius 2 is 1.90 bits per heavy atom. The van der Waals surface area contributed by atoms with Crippen molar-refractivity contribution in [2.24, 2.45) is 5.92 Å². The van der Waals surface area contributed by atoms with E-state index in [4.69, 9.17) is 0 Å². The molecule has 1 atom stereocenters. The Hall–Kier alpha value is -0.0400. The molecular weight excluding hydrogens is 122 g/mol. The molecule has 0 aromatic rings. The molecule has 0 aromatic carbocycles. The minimum atomic E-state index is 0.897. The Morgan fingerprint density at radius 1 is 1.30 bits per heavy atom. The summed E-state index contributed by atoms with van der Waals surface area (Å²) >= 11 is 0. The van der Waals surface area contributed by atoms with E-state index in [1.165, 1.54) is 25.9 Å². The van der Waals surface area contributed by atoms with Gasteiger partial charge in [0, 0.05) is 0 Å². The summed E-state index contributed by atoms with van der Waals surface area (Å²) in [6.45, 7) is 9.22. The average Bonchev–Trinajstić information content (AvgIpc) is 1.99. The Morgan fingerprint density at radius 3 is 2.30 bits per heavy atom. The van der Waals surface area contributed by atoms with Gasteiger partial charge in [-0.3, -0.25) is 0 Å². The van der Waals surface area contributed by atoms with Crippen LogP contribution in [-0.2, 0) is 0 Å². The van der Waals surface area contributed by atoms with Crippen LogP contribution in [-0.4, -0.2) is 25.0 Å². The predicted molar refractivity (Wildman–Crippen MR) is 47.2 cm³/mol. The second-order valence-electron chi connectivity index (χ2n) is 3.20. The number of rotatable bonds is 5. The molecule has 1 heteroatoms. The summed E-state index contributed by atoms with van der Waals surface area (Å²) in [5.41, 5.74) is 0. The molecule has 0 heterocycles. The van der Waals surface area contributed by atoms with Gasteiger partial charge in [-0.25, -0.2) is 0 Å². The highest BCUT2D eigenvalue weighted by Crippen LogP contribution is 2.06. The van der Waals surface area contributed by atoms with Crippen LogP contribution < -0.4 is 0 Å². The number of hydrogen-bond acceptors (Lipinski definition) is 1. The molecule has 0 fully saturated rings. The molecule has 10 heavy (non-hydrogen) atoms. The van der Waals surface area contributed by atoms with E-state index in [1.54, 1.807) is 0 Å². The SMILES string of the molecule is CC[C@H](C)CCN(C)CC. The van der Waals surface area contributed by atoms with Crippen LogP contribution in [0.4, 0.5) is 0 Å². The van der Waals surface area contributed by atoms with Crippen molar-refractivity contribution in [1.82, 2.24) is 4.90 Å². The number of hydrogen-bond donors (Lipinski definition) is 0. The topological polar surface area (TPSA) is 3.24 Å². The van der Waals surface area contributed by atoms with E-state index < -0.39 is 0 Å². The highest BCUT2D eigenvalue weighted by molar-refractivity contribution is 4.53. The summed E-state index contributed by atoms with van der Waals surface area (Å²) in [7, 11) is 2.18. The molecule has 0 aromatic heterocycles. The molecule has 62 valence electrons. The maximum Gasteiger partial charge on any atom is -0.00194 e. The van der Waals surface area contributed by atoms with Crippen molar-refractivity contribution in [2.75, 3.05) is 20.1 Å². The van der Waals surface area contributed by atoms with Gasteiger partial charge in [-0.2, -0.15) is 0 Å². The molecule has 0 aliphatic rings. The zero-order valence-corrected chi connectivity index (χ0v) is 7.85. The van der Waals surface area contributed by atoms with Crippen LogP contribution in [0.2, 0.25) is 0 Å². The standard InChI is InChI=1S/C9H21N/c1-5-9(3)7-8-10(4)6-2/h9H,5-8H2,1-4H3/t9-/m0/s1. The summed E-state index contributed by atoms with van der Waals surface area (Å²) in [6.07, 6.45) is 2.67. The van der Waals surface area contributed by atoms with Gasteiger partial charge >= 0.3 is 0 Å². The molecule has 0 unspecified atom stereocenters. The van der Waals surface area contributed by atoms with Crippen molar-refractivity contribution in [3.63, 3.8) is 0 Å². The van der Waals surface area contributed by atoms with E-state index in [-0.39, 0.29) is 0 Å².